The van der Waals surface area contributed by atoms with Gasteiger partial charge in [-0.1, -0.05) is 32.4 Å². The number of anilines is 1. The zero-order valence-corrected chi connectivity index (χ0v) is 30.8. The van der Waals surface area contributed by atoms with Crippen molar-refractivity contribution in [3.05, 3.63) is 53.2 Å². The maximum absolute atomic E-state index is 14.3. The van der Waals surface area contributed by atoms with Crippen LogP contribution in [0, 0.1) is 0 Å². The van der Waals surface area contributed by atoms with E-state index in [1.807, 2.05) is 26.8 Å². The number of amides is 2. The summed E-state index contributed by atoms with van der Waals surface area (Å²) in [5.74, 6) is 0.823. The number of primary amides is 1. The predicted octanol–water partition coefficient (Wildman–Crippen LogP) is 5.84. The second-order valence-electron chi connectivity index (χ2n) is 14.7. The van der Waals surface area contributed by atoms with Gasteiger partial charge in [-0.2, -0.15) is 4.98 Å². The number of pyridine rings is 1. The van der Waals surface area contributed by atoms with Crippen LogP contribution in [0.3, 0.4) is 0 Å². The molecule has 1 aliphatic rings. The number of nitrogens with one attached hydrogen (secondary N) is 1. The number of hydrogen-bond acceptors (Lipinski definition) is 11. The molecular formula is C35H43ClF2N8O6. The van der Waals surface area contributed by atoms with E-state index in [2.05, 4.69) is 15.3 Å². The molecule has 4 heterocycles. The first-order valence-corrected chi connectivity index (χ1v) is 16.9. The Balaban J connectivity index is 1.64. The summed E-state index contributed by atoms with van der Waals surface area (Å²) in [7, 11) is 1.53. The van der Waals surface area contributed by atoms with Crippen LogP contribution in [0.4, 0.5) is 24.1 Å². The number of carbonyl (C=O) groups excluding carboxylic acids is 2. The van der Waals surface area contributed by atoms with E-state index in [0.717, 1.165) is 0 Å². The monoisotopic (exact) mass is 744 g/mol. The van der Waals surface area contributed by atoms with E-state index in [0.29, 0.717) is 57.7 Å². The van der Waals surface area contributed by atoms with Gasteiger partial charge in [-0.3, -0.25) is 4.98 Å². The van der Waals surface area contributed by atoms with Gasteiger partial charge in [-0.15, -0.1) is 0 Å². The average molecular weight is 745 g/mol. The van der Waals surface area contributed by atoms with Gasteiger partial charge < -0.3 is 39.8 Å². The third kappa shape index (κ3) is 8.44. The van der Waals surface area contributed by atoms with Crippen molar-refractivity contribution in [1.82, 2.24) is 29.8 Å². The Kier molecular flexibility index (Phi) is 10.8. The highest BCUT2D eigenvalue weighted by Gasteiger charge is 2.48. The second kappa shape index (κ2) is 14.7. The number of aliphatic hydroxyl groups excluding tert-OH is 1. The Bertz CT molecular complexity index is 1960. The van der Waals surface area contributed by atoms with E-state index in [4.69, 9.17) is 41.5 Å². The van der Waals surface area contributed by atoms with Crippen molar-refractivity contribution in [2.75, 3.05) is 25.1 Å². The quantitative estimate of drug-likeness (QED) is 0.187. The van der Waals surface area contributed by atoms with Gasteiger partial charge in [0.25, 0.3) is 12.3 Å². The Labute approximate surface area is 304 Å². The lowest BCUT2D eigenvalue weighted by atomic mass is 9.83. The van der Waals surface area contributed by atoms with Crippen molar-refractivity contribution in [3.8, 4) is 22.9 Å². The van der Waals surface area contributed by atoms with Gasteiger partial charge in [0.1, 0.15) is 23.3 Å². The molecule has 3 aromatic heterocycles. The van der Waals surface area contributed by atoms with Crippen LogP contribution in [0.15, 0.2) is 36.8 Å². The summed E-state index contributed by atoms with van der Waals surface area (Å²) in [5.41, 5.74) is 4.94. The number of halogens is 3. The van der Waals surface area contributed by atoms with E-state index in [-0.39, 0.29) is 30.9 Å². The lowest BCUT2D eigenvalue weighted by Gasteiger charge is -2.46. The van der Waals surface area contributed by atoms with Gasteiger partial charge in [0.15, 0.2) is 11.2 Å². The van der Waals surface area contributed by atoms with E-state index in [9.17, 15) is 23.5 Å². The molecule has 1 saturated heterocycles. The molecule has 2 unspecified atom stereocenters. The summed E-state index contributed by atoms with van der Waals surface area (Å²) in [6.07, 6.45) is -3.83. The molecule has 5 rings (SSSR count). The molecule has 1 aromatic carbocycles. The van der Waals surface area contributed by atoms with Crippen molar-refractivity contribution < 1.29 is 37.7 Å². The fourth-order valence-corrected chi connectivity index (χ4v) is 6.32. The van der Waals surface area contributed by atoms with Gasteiger partial charge in [0, 0.05) is 24.1 Å². The summed E-state index contributed by atoms with van der Waals surface area (Å²) in [6.45, 7) is 11.0. The number of alkyl halides is 2. The fourth-order valence-electron chi connectivity index (χ4n) is 6.05. The van der Waals surface area contributed by atoms with E-state index in [1.54, 1.807) is 54.6 Å². The minimum atomic E-state index is -3.15. The van der Waals surface area contributed by atoms with Gasteiger partial charge >= 0.3 is 12.2 Å². The number of nitrogens with two attached hydrogens (primary N) is 1. The maximum atomic E-state index is 14.3. The number of aromatic nitrogens is 5. The number of benzene rings is 1. The minimum absolute atomic E-state index is 0.0673. The van der Waals surface area contributed by atoms with Crippen LogP contribution in [-0.4, -0.2) is 85.7 Å². The molecule has 2 amide bonds. The summed E-state index contributed by atoms with van der Waals surface area (Å²) >= 11 is 6.65. The SMILES string of the molecule is COc1ccc(-c2cc(Cn3cnc4c(OC(N)=O)nc(C(C)(C)C)nc43)c(N3CCCC(NC(=O)OC(C)(C)C)(C(O)C(F)F)C3)cn2)c(Cl)c1. The van der Waals surface area contributed by atoms with Gasteiger partial charge in [-0.25, -0.2) is 28.3 Å². The first kappa shape index (κ1) is 38.4. The van der Waals surface area contributed by atoms with Gasteiger partial charge in [0.2, 0.25) is 0 Å². The molecule has 17 heteroatoms. The molecule has 0 spiro atoms. The van der Waals surface area contributed by atoms with Crippen LogP contribution in [0.2, 0.25) is 5.02 Å². The van der Waals surface area contributed by atoms with Crippen molar-refractivity contribution in [2.24, 2.45) is 5.73 Å². The fraction of sp³-hybridized carbons (Fsp3) is 0.486. The first-order chi connectivity index (χ1) is 24.3. The van der Waals surface area contributed by atoms with Crippen LogP contribution in [0.25, 0.3) is 22.4 Å². The second-order valence-corrected chi connectivity index (χ2v) is 15.1. The number of fused-ring (bicyclic) bond motifs is 1. The lowest BCUT2D eigenvalue weighted by Crippen LogP contribution is -2.67. The zero-order chi connectivity index (χ0) is 38.2. The lowest BCUT2D eigenvalue weighted by molar-refractivity contribution is -0.0664. The van der Waals surface area contributed by atoms with Crippen molar-refractivity contribution in [1.29, 1.82) is 0 Å². The smallest absolute Gasteiger partial charge is 0.411 e. The number of ether oxygens (including phenoxy) is 3. The number of imidazole rings is 1. The molecule has 0 aliphatic carbocycles. The summed E-state index contributed by atoms with van der Waals surface area (Å²) in [4.78, 5) is 44.9. The van der Waals surface area contributed by atoms with Crippen molar-refractivity contribution >= 4 is 40.6 Å². The molecule has 2 atom stereocenters. The Morgan fingerprint density at radius 1 is 1.13 bits per heavy atom. The summed E-state index contributed by atoms with van der Waals surface area (Å²) in [6, 6.07) is 6.99. The highest BCUT2D eigenvalue weighted by Crippen LogP contribution is 2.37. The molecule has 0 bridgehead atoms. The van der Waals surface area contributed by atoms with E-state index < -0.39 is 41.3 Å². The first-order valence-electron chi connectivity index (χ1n) is 16.6. The van der Waals surface area contributed by atoms with Crippen molar-refractivity contribution in [2.45, 2.75) is 90.0 Å². The Hall–Kier alpha value is -4.83. The van der Waals surface area contributed by atoms with Crippen LogP contribution < -0.4 is 25.4 Å². The number of rotatable bonds is 9. The minimum Gasteiger partial charge on any atom is -0.497 e. The molecule has 0 saturated carbocycles. The average Bonchev–Trinajstić information content (AvgIpc) is 3.45. The zero-order valence-electron chi connectivity index (χ0n) is 30.0. The van der Waals surface area contributed by atoms with Gasteiger partial charge in [0.05, 0.1) is 48.1 Å². The molecule has 4 aromatic rings. The summed E-state index contributed by atoms with van der Waals surface area (Å²) in [5, 5.41) is 13.9. The number of alkyl carbamates (subject to hydrolysis) is 1. The van der Waals surface area contributed by atoms with E-state index in [1.165, 1.54) is 13.4 Å². The molecule has 1 aliphatic heterocycles. The summed E-state index contributed by atoms with van der Waals surface area (Å²) < 4.78 is 46.2. The molecule has 0 radical (unpaired) electrons. The number of nitrogens with zero attached hydrogens (tertiary/aromatic N) is 6. The number of hydrogen-bond donors (Lipinski definition) is 3. The van der Waals surface area contributed by atoms with Crippen LogP contribution in [0.1, 0.15) is 65.8 Å². The van der Waals surface area contributed by atoms with Crippen molar-refractivity contribution in [3.63, 3.8) is 0 Å². The van der Waals surface area contributed by atoms with Gasteiger partial charge in [-0.05, 0) is 63.4 Å². The number of methoxy groups -OCH3 is 1. The van der Waals surface area contributed by atoms with Crippen LogP contribution in [0.5, 0.6) is 11.6 Å². The predicted molar refractivity (Wildman–Crippen MR) is 190 cm³/mol. The number of carbonyl (C=O) groups is 2. The molecule has 52 heavy (non-hydrogen) atoms. The molecule has 14 nitrogen and oxygen atoms in total. The Morgan fingerprint density at radius 3 is 2.48 bits per heavy atom. The third-order valence-electron chi connectivity index (χ3n) is 8.48. The molecule has 4 N–H and O–H groups in total. The maximum Gasteiger partial charge on any atom is 0.411 e. The molecular weight excluding hydrogens is 702 g/mol. The largest absolute Gasteiger partial charge is 0.497 e. The van der Waals surface area contributed by atoms with E-state index >= 15 is 0 Å². The molecule has 280 valence electrons. The highest BCUT2D eigenvalue weighted by molar-refractivity contribution is 6.33. The molecule has 1 fully saturated rings. The number of piperidine rings is 1. The standard InChI is InChI=1S/C35H43ClF2N8O6/c1-33(2,3)30-42-28-25(29(43-30)51-31(39)48)41-18-46(28)16-19-13-23(21-10-9-20(50-7)14-22(21)36)40-15-24(19)45-12-8-11-35(17-45,26(47)27(37)38)44-32(49)52-34(4,5)6/h9-10,13-15,18,26-27,47H,8,11-12,16-17H2,1-7H3,(H2,39,48)(H,44,49). The highest BCUT2D eigenvalue weighted by atomic mass is 35.5. The third-order valence-corrected chi connectivity index (χ3v) is 8.79. The topological polar surface area (TPSA) is 180 Å². The Morgan fingerprint density at radius 2 is 1.87 bits per heavy atom. The normalized spacial score (nSPS) is 17.3. The van der Waals surface area contributed by atoms with Crippen LogP contribution in [-0.2, 0) is 16.7 Å². The number of aliphatic hydroxyl groups is 1. The van der Waals surface area contributed by atoms with Crippen LogP contribution >= 0.6 is 11.6 Å².